The third-order valence-corrected chi connectivity index (χ3v) is 3.24. The summed E-state index contributed by atoms with van der Waals surface area (Å²) in [7, 11) is 1.43. The highest BCUT2D eigenvalue weighted by atomic mass is 16.6. The quantitative estimate of drug-likeness (QED) is 0.362. The smallest absolute Gasteiger partial charge is 0.270 e. The van der Waals surface area contributed by atoms with Crippen molar-refractivity contribution in [3.63, 3.8) is 0 Å². The number of carbonyl (C=O) groups excluding carboxylic acids is 1. The van der Waals surface area contributed by atoms with Gasteiger partial charge in [0, 0.05) is 25.1 Å². The van der Waals surface area contributed by atoms with Crippen molar-refractivity contribution in [2.45, 2.75) is 6.92 Å². The number of nitriles is 1. The fourth-order valence-corrected chi connectivity index (χ4v) is 2.06. The number of nitrogen functional groups attached to an aromatic ring is 1. The summed E-state index contributed by atoms with van der Waals surface area (Å²) in [6.45, 7) is 1.32. The van der Waals surface area contributed by atoms with Crippen LogP contribution in [0.4, 0.5) is 28.4 Å². The van der Waals surface area contributed by atoms with Gasteiger partial charge in [0.15, 0.2) is 0 Å². The van der Waals surface area contributed by atoms with Gasteiger partial charge in [0.05, 0.1) is 29.0 Å². The van der Waals surface area contributed by atoms with Crippen LogP contribution in [0, 0.1) is 21.4 Å². The summed E-state index contributed by atoms with van der Waals surface area (Å²) in [5.41, 5.74) is 6.57. The molecule has 132 valence electrons. The molecule has 26 heavy (non-hydrogen) atoms. The maximum absolute atomic E-state index is 11.3. The molecule has 0 aliphatic heterocycles. The zero-order chi connectivity index (χ0) is 19.3. The second-order valence-electron chi connectivity index (χ2n) is 5.06. The van der Waals surface area contributed by atoms with Crippen LogP contribution in [0.5, 0.6) is 5.75 Å². The first-order valence-corrected chi connectivity index (χ1v) is 7.21. The molecule has 0 saturated carbocycles. The van der Waals surface area contributed by atoms with E-state index in [4.69, 9.17) is 15.7 Å². The van der Waals surface area contributed by atoms with Gasteiger partial charge in [-0.25, -0.2) is 0 Å². The van der Waals surface area contributed by atoms with Gasteiger partial charge in [-0.1, -0.05) is 0 Å². The van der Waals surface area contributed by atoms with Gasteiger partial charge in [-0.2, -0.15) is 5.26 Å². The molecule has 0 unspecified atom stereocenters. The predicted molar refractivity (Wildman–Crippen MR) is 93.7 cm³/mol. The maximum atomic E-state index is 11.3. The minimum atomic E-state index is -0.610. The van der Waals surface area contributed by atoms with Crippen molar-refractivity contribution >= 4 is 34.3 Å². The number of hydrogen-bond donors (Lipinski definition) is 2. The molecule has 2 aromatic rings. The molecule has 0 saturated heterocycles. The fraction of sp³-hybridized carbons (Fsp3) is 0.125. The number of amides is 1. The predicted octanol–water partition coefficient (Wildman–Crippen LogP) is 3.43. The van der Waals surface area contributed by atoms with E-state index in [1.54, 1.807) is 0 Å². The van der Waals surface area contributed by atoms with E-state index in [2.05, 4.69) is 15.5 Å². The van der Waals surface area contributed by atoms with Crippen LogP contribution in [0.25, 0.3) is 0 Å². The largest absolute Gasteiger partial charge is 0.495 e. The number of hydrogen-bond acceptors (Lipinski definition) is 8. The van der Waals surface area contributed by atoms with E-state index in [-0.39, 0.29) is 28.5 Å². The minimum absolute atomic E-state index is 0.00793. The number of non-ortho nitro benzene ring substituents is 1. The van der Waals surface area contributed by atoms with Crippen molar-refractivity contribution in [1.29, 1.82) is 5.26 Å². The number of methoxy groups -OCH3 is 1. The highest BCUT2D eigenvalue weighted by Crippen LogP contribution is 2.36. The van der Waals surface area contributed by atoms with E-state index in [9.17, 15) is 14.9 Å². The number of benzene rings is 2. The van der Waals surface area contributed by atoms with Crippen LogP contribution >= 0.6 is 0 Å². The van der Waals surface area contributed by atoms with E-state index in [1.807, 2.05) is 6.07 Å². The first kappa shape index (κ1) is 18.3. The lowest BCUT2D eigenvalue weighted by atomic mass is 10.2. The van der Waals surface area contributed by atoms with Gasteiger partial charge >= 0.3 is 0 Å². The standard InChI is InChI=1S/C16H14N6O4/c1-9(23)19-14-6-12(18)16(26-2)7-15(14)21-20-13-4-3-11(22(24)25)5-10(13)8-17/h3-7H,18H2,1-2H3,(H,19,23). The molecule has 0 atom stereocenters. The van der Waals surface area contributed by atoms with Crippen LogP contribution in [0.1, 0.15) is 12.5 Å². The number of carbonyl (C=O) groups is 1. The summed E-state index contributed by atoms with van der Waals surface area (Å²) in [5, 5.41) is 30.5. The van der Waals surface area contributed by atoms with Gasteiger partial charge in [-0.15, -0.1) is 10.2 Å². The molecule has 3 N–H and O–H groups in total. The number of rotatable bonds is 5. The molecule has 10 nitrogen and oxygen atoms in total. The van der Waals surface area contributed by atoms with E-state index >= 15 is 0 Å². The lowest BCUT2D eigenvalue weighted by Gasteiger charge is -2.10. The van der Waals surface area contributed by atoms with Crippen LogP contribution in [-0.4, -0.2) is 17.9 Å². The van der Waals surface area contributed by atoms with Crippen LogP contribution in [0.3, 0.4) is 0 Å². The molecule has 0 aliphatic carbocycles. The third-order valence-electron chi connectivity index (χ3n) is 3.24. The highest BCUT2D eigenvalue weighted by Gasteiger charge is 2.12. The summed E-state index contributed by atoms with van der Waals surface area (Å²) >= 11 is 0. The van der Waals surface area contributed by atoms with Gasteiger partial charge < -0.3 is 15.8 Å². The molecule has 0 fully saturated rings. The average molecular weight is 354 g/mol. The van der Waals surface area contributed by atoms with Crippen molar-refractivity contribution in [2.24, 2.45) is 10.2 Å². The number of nitrogens with zero attached hydrogens (tertiary/aromatic N) is 4. The zero-order valence-corrected chi connectivity index (χ0v) is 13.9. The third kappa shape index (κ3) is 4.09. The minimum Gasteiger partial charge on any atom is -0.495 e. The fourth-order valence-electron chi connectivity index (χ4n) is 2.06. The monoisotopic (exact) mass is 354 g/mol. The van der Waals surface area contributed by atoms with E-state index in [0.717, 1.165) is 6.07 Å². The second-order valence-corrected chi connectivity index (χ2v) is 5.06. The number of azo groups is 1. The highest BCUT2D eigenvalue weighted by molar-refractivity contribution is 5.93. The molecule has 0 spiro atoms. The Morgan fingerprint density at radius 3 is 2.58 bits per heavy atom. The number of nitrogens with one attached hydrogen (secondary N) is 1. The summed E-state index contributed by atoms with van der Waals surface area (Å²) in [4.78, 5) is 21.5. The van der Waals surface area contributed by atoms with Crippen molar-refractivity contribution < 1.29 is 14.5 Å². The Labute approximate surface area is 148 Å². The molecule has 0 radical (unpaired) electrons. The Morgan fingerprint density at radius 2 is 2.00 bits per heavy atom. The molecule has 2 rings (SSSR count). The van der Waals surface area contributed by atoms with Gasteiger partial charge in [-0.3, -0.25) is 14.9 Å². The van der Waals surface area contributed by atoms with Crippen molar-refractivity contribution in [3.05, 3.63) is 46.0 Å². The van der Waals surface area contributed by atoms with Gasteiger partial charge in [0.25, 0.3) is 5.69 Å². The van der Waals surface area contributed by atoms with Crippen molar-refractivity contribution in [3.8, 4) is 11.8 Å². The van der Waals surface area contributed by atoms with Gasteiger partial charge in [-0.05, 0) is 12.1 Å². The lowest BCUT2D eigenvalue weighted by Crippen LogP contribution is -2.06. The average Bonchev–Trinajstić information content (AvgIpc) is 2.60. The Kier molecular flexibility index (Phi) is 5.44. The number of ether oxygens (including phenoxy) is 1. The molecule has 0 bridgehead atoms. The van der Waals surface area contributed by atoms with Gasteiger partial charge in [0.1, 0.15) is 23.2 Å². The first-order valence-electron chi connectivity index (χ1n) is 7.21. The van der Waals surface area contributed by atoms with E-state index < -0.39 is 4.92 Å². The van der Waals surface area contributed by atoms with Crippen LogP contribution in [0.2, 0.25) is 0 Å². The Balaban J connectivity index is 2.48. The molecule has 0 aromatic heterocycles. The molecule has 1 amide bonds. The molecule has 2 aromatic carbocycles. The molecular weight excluding hydrogens is 340 g/mol. The normalized spacial score (nSPS) is 10.3. The summed E-state index contributed by atoms with van der Waals surface area (Å²) < 4.78 is 5.12. The Morgan fingerprint density at radius 1 is 1.31 bits per heavy atom. The molecular formula is C16H14N6O4. The molecule has 0 heterocycles. The zero-order valence-electron chi connectivity index (χ0n) is 13.9. The lowest BCUT2D eigenvalue weighted by molar-refractivity contribution is -0.384. The summed E-state index contributed by atoms with van der Waals surface area (Å²) in [5.74, 6) is -0.00340. The number of nitrogens with two attached hydrogens (primary N) is 1. The molecule has 10 heteroatoms. The van der Waals surface area contributed by atoms with E-state index in [0.29, 0.717) is 17.1 Å². The maximum Gasteiger partial charge on any atom is 0.270 e. The Hall–Kier alpha value is -4.00. The SMILES string of the molecule is COc1cc(N=Nc2ccc([N+](=O)[O-])cc2C#N)c(NC(C)=O)cc1N. The van der Waals surface area contributed by atoms with E-state index in [1.165, 1.54) is 38.3 Å². The van der Waals surface area contributed by atoms with Crippen LogP contribution < -0.4 is 15.8 Å². The molecule has 0 aliphatic rings. The Bertz CT molecular complexity index is 948. The van der Waals surface area contributed by atoms with Gasteiger partial charge in [0.2, 0.25) is 5.91 Å². The summed E-state index contributed by atoms with van der Waals surface area (Å²) in [6.07, 6.45) is 0. The van der Waals surface area contributed by atoms with Crippen LogP contribution in [-0.2, 0) is 4.79 Å². The van der Waals surface area contributed by atoms with Crippen molar-refractivity contribution in [1.82, 2.24) is 0 Å². The first-order chi connectivity index (χ1) is 12.3. The second kappa shape index (κ2) is 7.71. The number of nitro groups is 1. The summed E-state index contributed by atoms with van der Waals surface area (Å²) in [6, 6.07) is 8.41. The number of anilines is 2. The topological polar surface area (TPSA) is 156 Å². The van der Waals surface area contributed by atoms with Crippen molar-refractivity contribution in [2.75, 3.05) is 18.2 Å². The number of nitro benzene ring substituents is 1. The van der Waals surface area contributed by atoms with Crippen LogP contribution in [0.15, 0.2) is 40.6 Å².